The maximum absolute atomic E-state index is 11.1. The number of carboxylic acids is 1. The molecular formula is C14H21N3O12. The van der Waals surface area contributed by atoms with Crippen LogP contribution in [0.3, 0.4) is 0 Å². The molecule has 0 saturated carbocycles. The first-order chi connectivity index (χ1) is 13.7. The number of carbonyl (C=O) groups is 1. The second-order valence-electron chi connectivity index (χ2n) is 6.11. The zero-order valence-electron chi connectivity index (χ0n) is 14.8. The molecule has 29 heavy (non-hydrogen) atoms. The molecule has 1 aromatic heterocycles. The molecule has 0 aliphatic carbocycles. The third kappa shape index (κ3) is 5.43. The van der Waals surface area contributed by atoms with Gasteiger partial charge in [0.05, 0.1) is 13.2 Å². The second-order valence-corrected chi connectivity index (χ2v) is 6.11. The molecule has 7 atom stereocenters. The van der Waals surface area contributed by atoms with E-state index in [-0.39, 0.29) is 0 Å². The number of hydrogen-bond acceptors (Lipinski definition) is 12. The summed E-state index contributed by atoms with van der Waals surface area (Å²) in [6.45, 7) is -1.79. The van der Waals surface area contributed by atoms with Crippen LogP contribution in [-0.2, 0) is 25.7 Å². The van der Waals surface area contributed by atoms with Crippen molar-refractivity contribution in [2.45, 2.75) is 49.6 Å². The Kier molecular flexibility index (Phi) is 7.94. The number of hydrogen-bond donors (Lipinski definition) is 6. The van der Waals surface area contributed by atoms with Crippen molar-refractivity contribution in [3.8, 4) is 0 Å². The van der Waals surface area contributed by atoms with Gasteiger partial charge in [0.25, 0.3) is 0 Å². The van der Waals surface area contributed by atoms with Crippen molar-refractivity contribution < 1.29 is 54.6 Å². The average molecular weight is 423 g/mol. The SMILES string of the molecule is O=C(O)[C@H]1O[C@@H](OC[C@H](OCn2ccnc2[N+](=O)[O-])[C@H](O)CO)[C@H](O)[C@@H](O)[C@@H]1O. The summed E-state index contributed by atoms with van der Waals surface area (Å²) in [4.78, 5) is 24.7. The zero-order valence-corrected chi connectivity index (χ0v) is 14.8. The van der Waals surface area contributed by atoms with Gasteiger partial charge in [-0.2, -0.15) is 0 Å². The topological polar surface area (TPSA) is 227 Å². The van der Waals surface area contributed by atoms with E-state index < -0.39 is 79.7 Å². The molecule has 2 heterocycles. The van der Waals surface area contributed by atoms with Crippen LogP contribution in [0.5, 0.6) is 0 Å². The molecule has 0 bridgehead atoms. The number of carboxylic acid groups (broad SMARTS) is 1. The van der Waals surface area contributed by atoms with E-state index in [1.54, 1.807) is 0 Å². The number of aliphatic hydroxyl groups excluding tert-OH is 5. The first kappa shape index (κ1) is 23.0. The Labute approximate surface area is 162 Å². The number of imidazole rings is 1. The molecule has 0 aromatic carbocycles. The van der Waals surface area contributed by atoms with Crippen LogP contribution in [-0.4, -0.2) is 107 Å². The minimum absolute atomic E-state index is 0.450. The standard InChI is InChI=1S/C14H21N3O12/c18-3-6(19)7(28-5-16-2-1-15-14(16)17(25)26)4-27-13-10(22)8(20)9(21)11(29-13)12(23)24/h1-2,6-11,13,18-22H,3-5H2,(H,23,24)/t6-,7+,8+,9+,10-,11+,13-/m1/s1. The maximum Gasteiger partial charge on any atom is 0.436 e. The molecule has 6 N–H and O–H groups in total. The Bertz CT molecular complexity index is 699. The zero-order chi connectivity index (χ0) is 21.7. The number of rotatable bonds is 10. The van der Waals surface area contributed by atoms with Gasteiger partial charge in [0.15, 0.2) is 19.1 Å². The lowest BCUT2D eigenvalue weighted by Crippen LogP contribution is -2.60. The van der Waals surface area contributed by atoms with Crippen LogP contribution in [0, 0.1) is 10.1 Å². The fourth-order valence-electron chi connectivity index (χ4n) is 2.52. The lowest BCUT2D eigenvalue weighted by molar-refractivity contribution is -0.398. The lowest BCUT2D eigenvalue weighted by Gasteiger charge is -2.39. The molecule has 164 valence electrons. The summed E-state index contributed by atoms with van der Waals surface area (Å²) in [6, 6.07) is 0. The molecule has 1 aliphatic heterocycles. The number of aliphatic hydroxyl groups is 5. The highest BCUT2D eigenvalue weighted by Crippen LogP contribution is 2.23. The molecule has 1 aromatic rings. The van der Waals surface area contributed by atoms with Gasteiger partial charge in [0, 0.05) is 0 Å². The molecule has 1 saturated heterocycles. The summed E-state index contributed by atoms with van der Waals surface area (Å²) in [5, 5.41) is 68.1. The predicted molar refractivity (Wildman–Crippen MR) is 87.1 cm³/mol. The van der Waals surface area contributed by atoms with Crippen molar-refractivity contribution in [3.63, 3.8) is 0 Å². The van der Waals surface area contributed by atoms with E-state index in [2.05, 4.69) is 4.98 Å². The van der Waals surface area contributed by atoms with E-state index in [4.69, 9.17) is 24.4 Å². The van der Waals surface area contributed by atoms with Gasteiger partial charge in [-0.25, -0.2) is 9.36 Å². The first-order valence-electron chi connectivity index (χ1n) is 8.27. The molecule has 1 aliphatic rings. The van der Waals surface area contributed by atoms with Gasteiger partial charge in [-0.1, -0.05) is 4.98 Å². The van der Waals surface area contributed by atoms with Gasteiger partial charge < -0.3 is 55.0 Å². The third-order valence-corrected chi connectivity index (χ3v) is 4.14. The van der Waals surface area contributed by atoms with Crippen LogP contribution in [0.4, 0.5) is 5.95 Å². The van der Waals surface area contributed by atoms with Crippen LogP contribution >= 0.6 is 0 Å². The summed E-state index contributed by atoms with van der Waals surface area (Å²) < 4.78 is 16.4. The monoisotopic (exact) mass is 423 g/mol. The first-order valence-corrected chi connectivity index (χ1v) is 8.27. The summed E-state index contributed by atoms with van der Waals surface area (Å²) >= 11 is 0. The van der Waals surface area contributed by atoms with Gasteiger partial charge in [-0.05, 0) is 4.92 Å². The average Bonchev–Trinajstić information content (AvgIpc) is 3.15. The lowest BCUT2D eigenvalue weighted by atomic mass is 9.99. The molecule has 0 amide bonds. The van der Waals surface area contributed by atoms with E-state index in [0.717, 1.165) is 10.8 Å². The van der Waals surface area contributed by atoms with Gasteiger partial charge in [0.1, 0.15) is 42.9 Å². The Morgan fingerprint density at radius 1 is 1.34 bits per heavy atom. The Morgan fingerprint density at radius 3 is 2.62 bits per heavy atom. The van der Waals surface area contributed by atoms with Gasteiger partial charge in [-0.15, -0.1) is 0 Å². The van der Waals surface area contributed by atoms with E-state index in [1.807, 2.05) is 0 Å². The largest absolute Gasteiger partial charge is 0.479 e. The molecular weight excluding hydrogens is 402 g/mol. The normalized spacial score (nSPS) is 29.3. The van der Waals surface area contributed by atoms with Crippen molar-refractivity contribution in [3.05, 3.63) is 22.5 Å². The predicted octanol–water partition coefficient (Wildman–Crippen LogP) is -3.60. The van der Waals surface area contributed by atoms with E-state index >= 15 is 0 Å². The van der Waals surface area contributed by atoms with Crippen LogP contribution in [0.1, 0.15) is 0 Å². The van der Waals surface area contributed by atoms with Crippen molar-refractivity contribution in [2.75, 3.05) is 13.2 Å². The molecule has 15 heteroatoms. The number of aliphatic carboxylic acids is 1. The van der Waals surface area contributed by atoms with Crippen LogP contribution in [0.25, 0.3) is 0 Å². The highest BCUT2D eigenvalue weighted by Gasteiger charge is 2.47. The van der Waals surface area contributed by atoms with E-state index in [1.165, 1.54) is 6.20 Å². The molecule has 0 spiro atoms. The fraction of sp³-hybridized carbons (Fsp3) is 0.714. The van der Waals surface area contributed by atoms with Crippen LogP contribution < -0.4 is 0 Å². The summed E-state index contributed by atoms with van der Waals surface area (Å²) in [5.74, 6) is -2.14. The Hall–Kier alpha value is -2.24. The Balaban J connectivity index is 2.01. The molecule has 0 unspecified atom stereocenters. The summed E-state index contributed by atoms with van der Waals surface area (Å²) in [6.07, 6.45) is -9.59. The fourth-order valence-corrected chi connectivity index (χ4v) is 2.52. The molecule has 15 nitrogen and oxygen atoms in total. The summed E-state index contributed by atoms with van der Waals surface area (Å²) in [5.41, 5.74) is 0. The highest BCUT2D eigenvalue weighted by molar-refractivity contribution is 5.73. The number of aromatic nitrogens is 2. The van der Waals surface area contributed by atoms with Crippen LogP contribution in [0.15, 0.2) is 12.4 Å². The molecule has 2 rings (SSSR count). The van der Waals surface area contributed by atoms with Crippen molar-refractivity contribution in [1.29, 1.82) is 0 Å². The van der Waals surface area contributed by atoms with E-state index in [0.29, 0.717) is 0 Å². The molecule has 0 radical (unpaired) electrons. The third-order valence-electron chi connectivity index (χ3n) is 4.14. The minimum Gasteiger partial charge on any atom is -0.479 e. The Morgan fingerprint density at radius 2 is 2.03 bits per heavy atom. The van der Waals surface area contributed by atoms with Crippen LogP contribution in [0.2, 0.25) is 0 Å². The highest BCUT2D eigenvalue weighted by atomic mass is 16.7. The van der Waals surface area contributed by atoms with Gasteiger partial charge >= 0.3 is 11.9 Å². The second kappa shape index (κ2) is 9.99. The summed E-state index contributed by atoms with van der Waals surface area (Å²) in [7, 11) is 0. The van der Waals surface area contributed by atoms with Crippen molar-refractivity contribution >= 4 is 11.9 Å². The maximum atomic E-state index is 11.1. The quantitative estimate of drug-likeness (QED) is 0.158. The molecule has 1 fully saturated rings. The number of ether oxygens (including phenoxy) is 3. The number of nitrogens with zero attached hydrogens (tertiary/aromatic N) is 3. The van der Waals surface area contributed by atoms with Gasteiger partial charge in [-0.3, -0.25) is 0 Å². The minimum atomic E-state index is -1.90. The number of nitro groups is 1. The van der Waals surface area contributed by atoms with Crippen molar-refractivity contribution in [2.24, 2.45) is 0 Å². The van der Waals surface area contributed by atoms with Gasteiger partial charge in [0.2, 0.25) is 0 Å². The smallest absolute Gasteiger partial charge is 0.436 e. The van der Waals surface area contributed by atoms with Crippen molar-refractivity contribution in [1.82, 2.24) is 9.55 Å². The van der Waals surface area contributed by atoms with E-state index in [9.17, 15) is 35.3 Å².